The van der Waals surface area contributed by atoms with E-state index in [1.165, 1.54) is 0 Å². The molecule has 0 bridgehead atoms. The molecule has 2 aliphatic heterocycles. The zero-order valence-electron chi connectivity index (χ0n) is 17.0. The summed E-state index contributed by atoms with van der Waals surface area (Å²) in [6.45, 7) is 12.3. The molecule has 0 aromatic carbocycles. The highest BCUT2D eigenvalue weighted by molar-refractivity contribution is 5.89. The first-order chi connectivity index (χ1) is 12.9. The monoisotopic (exact) mass is 375 g/mol. The molecule has 7 heteroatoms. The van der Waals surface area contributed by atoms with Gasteiger partial charge in [-0.1, -0.05) is 27.7 Å². The third-order valence-electron chi connectivity index (χ3n) is 5.67. The predicted molar refractivity (Wildman–Crippen MR) is 104 cm³/mol. The number of nitrogens with one attached hydrogen (secondary N) is 2. The van der Waals surface area contributed by atoms with Crippen LogP contribution < -0.4 is 5.32 Å². The lowest BCUT2D eigenvalue weighted by Crippen LogP contribution is -2.57. The number of aromatic nitrogens is 2. The van der Waals surface area contributed by atoms with E-state index in [9.17, 15) is 9.59 Å². The second-order valence-corrected chi connectivity index (χ2v) is 8.52. The van der Waals surface area contributed by atoms with Crippen LogP contribution >= 0.6 is 0 Å². The fourth-order valence-electron chi connectivity index (χ4n) is 3.98. The van der Waals surface area contributed by atoms with E-state index in [0.29, 0.717) is 31.5 Å². The van der Waals surface area contributed by atoms with Crippen LogP contribution in [-0.2, 0) is 22.6 Å². The van der Waals surface area contributed by atoms with E-state index in [1.54, 1.807) is 0 Å². The second kappa shape index (κ2) is 8.42. The molecule has 0 unspecified atom stereocenters. The maximum Gasteiger partial charge on any atom is 0.237 e. The molecule has 1 saturated heterocycles. The summed E-state index contributed by atoms with van der Waals surface area (Å²) in [5.41, 5.74) is 3.36. The molecule has 27 heavy (non-hydrogen) atoms. The van der Waals surface area contributed by atoms with Crippen molar-refractivity contribution in [3.8, 4) is 0 Å². The SMILES string of the molecule is CC(C)CCN1CCNC(=O)[C@H]1CC(=O)N1CCc2[nH]nc(C(C)C)c2C1. The highest BCUT2D eigenvalue weighted by Crippen LogP contribution is 2.26. The van der Waals surface area contributed by atoms with Crippen LogP contribution in [-0.4, -0.2) is 64.0 Å². The van der Waals surface area contributed by atoms with Crippen molar-refractivity contribution in [2.75, 3.05) is 26.2 Å². The summed E-state index contributed by atoms with van der Waals surface area (Å²) in [6.07, 6.45) is 2.10. The molecular formula is C20H33N5O2. The number of rotatable bonds is 6. The van der Waals surface area contributed by atoms with Gasteiger partial charge in [-0.3, -0.25) is 19.6 Å². The minimum Gasteiger partial charge on any atom is -0.353 e. The van der Waals surface area contributed by atoms with E-state index >= 15 is 0 Å². The Balaban J connectivity index is 1.66. The van der Waals surface area contributed by atoms with Crippen molar-refractivity contribution < 1.29 is 9.59 Å². The first kappa shape index (κ1) is 19.9. The van der Waals surface area contributed by atoms with Crippen LogP contribution in [0.1, 0.15) is 63.4 Å². The Labute approximate surface area is 161 Å². The van der Waals surface area contributed by atoms with Gasteiger partial charge in [0.05, 0.1) is 18.2 Å². The van der Waals surface area contributed by atoms with Gasteiger partial charge >= 0.3 is 0 Å². The normalized spacial score (nSPS) is 20.9. The van der Waals surface area contributed by atoms with Crippen LogP contribution in [0.4, 0.5) is 0 Å². The highest BCUT2D eigenvalue weighted by Gasteiger charge is 2.34. The van der Waals surface area contributed by atoms with E-state index < -0.39 is 0 Å². The summed E-state index contributed by atoms with van der Waals surface area (Å²) in [6, 6.07) is -0.347. The van der Waals surface area contributed by atoms with Crippen molar-refractivity contribution in [2.24, 2.45) is 5.92 Å². The lowest BCUT2D eigenvalue weighted by molar-refractivity contribution is -0.139. The van der Waals surface area contributed by atoms with E-state index in [2.05, 4.69) is 48.1 Å². The summed E-state index contributed by atoms with van der Waals surface area (Å²) in [4.78, 5) is 29.5. The number of nitrogens with zero attached hydrogens (tertiary/aromatic N) is 3. The van der Waals surface area contributed by atoms with Gasteiger partial charge in [0.2, 0.25) is 11.8 Å². The fourth-order valence-corrected chi connectivity index (χ4v) is 3.98. The first-order valence-electron chi connectivity index (χ1n) is 10.2. The number of carbonyl (C=O) groups is 2. The minimum absolute atomic E-state index is 0.0118. The van der Waals surface area contributed by atoms with Crippen molar-refractivity contribution in [3.63, 3.8) is 0 Å². The van der Waals surface area contributed by atoms with E-state index in [-0.39, 0.29) is 24.3 Å². The molecule has 2 N–H and O–H groups in total. The highest BCUT2D eigenvalue weighted by atomic mass is 16.2. The topological polar surface area (TPSA) is 81.3 Å². The third kappa shape index (κ3) is 4.51. The Morgan fingerprint density at radius 1 is 1.26 bits per heavy atom. The number of hydrogen-bond acceptors (Lipinski definition) is 4. The van der Waals surface area contributed by atoms with Gasteiger partial charge in [0.25, 0.3) is 0 Å². The maximum absolute atomic E-state index is 13.0. The number of fused-ring (bicyclic) bond motifs is 1. The quantitative estimate of drug-likeness (QED) is 0.792. The average Bonchev–Trinajstić information content (AvgIpc) is 3.05. The van der Waals surface area contributed by atoms with Crippen LogP contribution in [0.2, 0.25) is 0 Å². The van der Waals surface area contributed by atoms with Gasteiger partial charge in [0.15, 0.2) is 0 Å². The van der Waals surface area contributed by atoms with Crippen LogP contribution in [0.3, 0.4) is 0 Å². The third-order valence-corrected chi connectivity index (χ3v) is 5.67. The molecule has 1 fully saturated rings. The Hall–Kier alpha value is -1.89. The Kier molecular flexibility index (Phi) is 6.19. The molecule has 150 valence electrons. The molecule has 7 nitrogen and oxygen atoms in total. The van der Waals surface area contributed by atoms with Crippen LogP contribution in [0.5, 0.6) is 0 Å². The summed E-state index contributed by atoms with van der Waals surface area (Å²) < 4.78 is 0. The van der Waals surface area contributed by atoms with Crippen molar-refractivity contribution in [1.82, 2.24) is 25.3 Å². The van der Waals surface area contributed by atoms with Gasteiger partial charge in [0.1, 0.15) is 0 Å². The largest absolute Gasteiger partial charge is 0.353 e. The minimum atomic E-state index is -0.347. The number of piperazine rings is 1. The predicted octanol–water partition coefficient (Wildman–Crippen LogP) is 1.65. The Morgan fingerprint density at radius 2 is 2.04 bits per heavy atom. The number of H-pyrrole nitrogens is 1. The average molecular weight is 376 g/mol. The molecule has 1 aromatic rings. The van der Waals surface area contributed by atoms with E-state index in [0.717, 1.165) is 42.9 Å². The molecule has 3 heterocycles. The van der Waals surface area contributed by atoms with Gasteiger partial charge in [0, 0.05) is 43.9 Å². The van der Waals surface area contributed by atoms with E-state index in [1.807, 2.05) is 4.90 Å². The molecule has 0 saturated carbocycles. The molecule has 2 aliphatic rings. The standard InChI is InChI=1S/C20H33N5O2/c1-13(2)5-8-24-10-7-21-20(27)17(24)11-18(26)25-9-6-16-15(12-25)19(14(3)4)23-22-16/h13-14,17H,5-12H2,1-4H3,(H,21,27)(H,22,23)/t17-/m1/s1. The molecule has 0 spiro atoms. The summed E-state index contributed by atoms with van der Waals surface area (Å²) >= 11 is 0. The molecule has 0 aliphatic carbocycles. The van der Waals surface area contributed by atoms with Crippen molar-refractivity contribution in [3.05, 3.63) is 17.0 Å². The molecule has 2 amide bonds. The van der Waals surface area contributed by atoms with Crippen LogP contribution in [0, 0.1) is 5.92 Å². The van der Waals surface area contributed by atoms with E-state index in [4.69, 9.17) is 0 Å². The number of aromatic amines is 1. The van der Waals surface area contributed by atoms with Gasteiger partial charge in [-0.2, -0.15) is 5.10 Å². The first-order valence-corrected chi connectivity index (χ1v) is 10.2. The van der Waals surface area contributed by atoms with Gasteiger partial charge < -0.3 is 10.2 Å². The number of amides is 2. The second-order valence-electron chi connectivity index (χ2n) is 8.52. The zero-order valence-corrected chi connectivity index (χ0v) is 17.0. The molecule has 0 radical (unpaired) electrons. The molecule has 1 atom stereocenters. The molecule has 3 rings (SSSR count). The molecule has 1 aromatic heterocycles. The van der Waals surface area contributed by atoms with Gasteiger partial charge in [-0.15, -0.1) is 0 Å². The molecular weight excluding hydrogens is 342 g/mol. The van der Waals surface area contributed by atoms with Crippen molar-refractivity contribution in [2.45, 2.75) is 65.5 Å². The van der Waals surface area contributed by atoms with Gasteiger partial charge in [-0.05, 0) is 24.8 Å². The number of hydrogen-bond donors (Lipinski definition) is 2. The van der Waals surface area contributed by atoms with Gasteiger partial charge in [-0.25, -0.2) is 0 Å². The summed E-state index contributed by atoms with van der Waals surface area (Å²) in [5.74, 6) is 0.966. The van der Waals surface area contributed by atoms with Crippen molar-refractivity contribution in [1.29, 1.82) is 0 Å². The lowest BCUT2D eigenvalue weighted by atomic mass is 9.98. The number of carbonyl (C=O) groups excluding carboxylic acids is 2. The summed E-state index contributed by atoms with van der Waals surface area (Å²) in [7, 11) is 0. The summed E-state index contributed by atoms with van der Waals surface area (Å²) in [5, 5.41) is 10.5. The smallest absolute Gasteiger partial charge is 0.237 e. The van der Waals surface area contributed by atoms with Crippen LogP contribution in [0.15, 0.2) is 0 Å². The maximum atomic E-state index is 13.0. The Bertz CT molecular complexity index is 682. The fraction of sp³-hybridized carbons (Fsp3) is 0.750. The van der Waals surface area contributed by atoms with Crippen LogP contribution in [0.25, 0.3) is 0 Å². The zero-order chi connectivity index (χ0) is 19.6. The Morgan fingerprint density at radius 3 is 2.74 bits per heavy atom. The lowest BCUT2D eigenvalue weighted by Gasteiger charge is -2.36. The van der Waals surface area contributed by atoms with Crippen molar-refractivity contribution >= 4 is 11.8 Å².